The van der Waals surface area contributed by atoms with Gasteiger partial charge in [0, 0.05) is 0 Å². The number of nitrogens with zero attached hydrogens (tertiary/aromatic N) is 3. The van der Waals surface area contributed by atoms with Gasteiger partial charge >= 0.3 is 0 Å². The van der Waals surface area contributed by atoms with E-state index < -0.39 is 0 Å². The van der Waals surface area contributed by atoms with Crippen LogP contribution < -0.4 is 5.73 Å². The molecule has 1 heterocycles. The normalized spacial score (nSPS) is 10.0. The van der Waals surface area contributed by atoms with Gasteiger partial charge in [-0.1, -0.05) is 12.1 Å². The van der Waals surface area contributed by atoms with Crippen LogP contribution >= 0.6 is 0 Å². The van der Waals surface area contributed by atoms with E-state index in [1.807, 2.05) is 6.07 Å². The fourth-order valence-corrected chi connectivity index (χ4v) is 1.37. The Hall–Kier alpha value is -2.35. The van der Waals surface area contributed by atoms with E-state index in [1.54, 1.807) is 12.1 Å². The topological polar surface area (TPSA) is 67.6 Å². The van der Waals surface area contributed by atoms with Crippen molar-refractivity contribution in [1.82, 2.24) is 9.78 Å². The zero-order valence-corrected chi connectivity index (χ0v) is 8.39. The molecule has 2 N–H and O–H groups in total. The molecular formula is C11H9FN4. The fourth-order valence-electron chi connectivity index (χ4n) is 1.37. The van der Waals surface area contributed by atoms with E-state index in [0.717, 1.165) is 5.56 Å². The van der Waals surface area contributed by atoms with Crippen LogP contribution in [0.2, 0.25) is 0 Å². The molecule has 0 radical (unpaired) electrons. The van der Waals surface area contributed by atoms with Crippen LogP contribution in [0.5, 0.6) is 0 Å². The minimum Gasteiger partial charge on any atom is -0.383 e. The smallest absolute Gasteiger partial charge is 0.140 e. The van der Waals surface area contributed by atoms with Gasteiger partial charge < -0.3 is 5.73 Å². The van der Waals surface area contributed by atoms with Gasteiger partial charge in [0.25, 0.3) is 0 Å². The molecule has 0 saturated carbocycles. The zero-order chi connectivity index (χ0) is 11.5. The number of benzene rings is 1. The van der Waals surface area contributed by atoms with Crippen molar-refractivity contribution in [3.8, 4) is 6.07 Å². The van der Waals surface area contributed by atoms with Crippen molar-refractivity contribution in [3.63, 3.8) is 0 Å². The third-order valence-electron chi connectivity index (χ3n) is 2.25. The molecule has 0 saturated heterocycles. The molecule has 4 nitrogen and oxygen atoms in total. The van der Waals surface area contributed by atoms with Gasteiger partial charge in [-0.25, -0.2) is 9.07 Å². The minimum atomic E-state index is -0.282. The number of nitriles is 1. The molecule has 0 aliphatic heterocycles. The summed E-state index contributed by atoms with van der Waals surface area (Å²) < 4.78 is 14.2. The van der Waals surface area contributed by atoms with Crippen LogP contribution in [0.1, 0.15) is 11.1 Å². The Labute approximate surface area is 91.7 Å². The predicted molar refractivity (Wildman–Crippen MR) is 56.9 cm³/mol. The first-order valence-corrected chi connectivity index (χ1v) is 4.66. The van der Waals surface area contributed by atoms with E-state index in [1.165, 1.54) is 23.0 Å². The largest absolute Gasteiger partial charge is 0.383 e. The van der Waals surface area contributed by atoms with Crippen LogP contribution in [-0.4, -0.2) is 9.78 Å². The first kappa shape index (κ1) is 10.2. The maximum Gasteiger partial charge on any atom is 0.140 e. The first-order chi connectivity index (χ1) is 7.70. The van der Waals surface area contributed by atoms with Crippen molar-refractivity contribution in [2.45, 2.75) is 6.54 Å². The Balaban J connectivity index is 2.24. The molecule has 2 rings (SSSR count). The van der Waals surface area contributed by atoms with Crippen LogP contribution in [0.3, 0.4) is 0 Å². The standard InChI is InChI=1S/C11H9FN4/c12-10-3-1-8(2-4-10)7-16-11(14)9(5-13)6-15-16/h1-4,6H,7,14H2. The van der Waals surface area contributed by atoms with Gasteiger partial charge in [-0.3, -0.25) is 0 Å². The summed E-state index contributed by atoms with van der Waals surface area (Å²) in [4.78, 5) is 0. The molecule has 0 aliphatic rings. The van der Waals surface area contributed by atoms with Crippen LogP contribution in [0.15, 0.2) is 30.5 Å². The van der Waals surface area contributed by atoms with Crippen molar-refractivity contribution in [1.29, 1.82) is 5.26 Å². The molecule has 0 unspecified atom stereocenters. The lowest BCUT2D eigenvalue weighted by atomic mass is 10.2. The number of hydrogen-bond donors (Lipinski definition) is 1. The molecule has 0 amide bonds. The summed E-state index contributed by atoms with van der Waals surface area (Å²) in [6.07, 6.45) is 1.42. The average molecular weight is 216 g/mol. The van der Waals surface area contributed by atoms with Gasteiger partial charge in [-0.2, -0.15) is 10.4 Å². The quantitative estimate of drug-likeness (QED) is 0.827. The Morgan fingerprint density at radius 3 is 2.62 bits per heavy atom. The molecule has 80 valence electrons. The number of hydrogen-bond acceptors (Lipinski definition) is 3. The summed E-state index contributed by atoms with van der Waals surface area (Å²) in [7, 11) is 0. The third-order valence-corrected chi connectivity index (χ3v) is 2.25. The van der Waals surface area contributed by atoms with Crippen LogP contribution in [0.25, 0.3) is 0 Å². The Morgan fingerprint density at radius 2 is 2.06 bits per heavy atom. The average Bonchev–Trinajstić information content (AvgIpc) is 2.63. The fraction of sp³-hybridized carbons (Fsp3) is 0.0909. The highest BCUT2D eigenvalue weighted by Gasteiger charge is 2.06. The SMILES string of the molecule is N#Cc1cnn(Cc2ccc(F)cc2)c1N. The van der Waals surface area contributed by atoms with Gasteiger partial charge in [-0.15, -0.1) is 0 Å². The molecule has 0 spiro atoms. The minimum absolute atomic E-state index is 0.282. The highest BCUT2D eigenvalue weighted by Crippen LogP contribution is 2.12. The number of aromatic nitrogens is 2. The van der Waals surface area contributed by atoms with Gasteiger partial charge in [0.15, 0.2) is 0 Å². The summed E-state index contributed by atoms with van der Waals surface area (Å²) in [5.41, 5.74) is 6.92. The molecule has 0 atom stereocenters. The second kappa shape index (κ2) is 4.03. The second-order valence-corrected chi connectivity index (χ2v) is 3.34. The number of rotatable bonds is 2. The van der Waals surface area contributed by atoms with E-state index >= 15 is 0 Å². The summed E-state index contributed by atoms with van der Waals surface area (Å²) in [6.45, 7) is 0.424. The molecule has 5 heteroatoms. The zero-order valence-electron chi connectivity index (χ0n) is 8.39. The number of nitrogens with two attached hydrogens (primary N) is 1. The van der Waals surface area contributed by atoms with Crippen molar-refractivity contribution in [2.24, 2.45) is 0 Å². The number of halogens is 1. The Morgan fingerprint density at radius 1 is 1.38 bits per heavy atom. The molecular weight excluding hydrogens is 207 g/mol. The van der Waals surface area contributed by atoms with Gasteiger partial charge in [-0.05, 0) is 17.7 Å². The van der Waals surface area contributed by atoms with Crippen LogP contribution in [0, 0.1) is 17.1 Å². The van der Waals surface area contributed by atoms with Crippen molar-refractivity contribution in [2.75, 3.05) is 5.73 Å². The van der Waals surface area contributed by atoms with E-state index in [0.29, 0.717) is 17.9 Å². The monoisotopic (exact) mass is 216 g/mol. The summed E-state index contributed by atoms with van der Waals surface area (Å²) in [5, 5.41) is 12.7. The van der Waals surface area contributed by atoms with E-state index in [2.05, 4.69) is 5.10 Å². The lowest BCUT2D eigenvalue weighted by Crippen LogP contribution is -2.06. The lowest BCUT2D eigenvalue weighted by molar-refractivity contribution is 0.625. The molecule has 1 aromatic heterocycles. The maximum atomic E-state index is 12.7. The molecule has 2 aromatic rings. The molecule has 0 aliphatic carbocycles. The highest BCUT2D eigenvalue weighted by molar-refractivity contribution is 5.47. The van der Waals surface area contributed by atoms with E-state index in [4.69, 9.17) is 11.0 Å². The lowest BCUT2D eigenvalue weighted by Gasteiger charge is -2.03. The van der Waals surface area contributed by atoms with Gasteiger partial charge in [0.05, 0.1) is 12.7 Å². The third kappa shape index (κ3) is 1.86. The van der Waals surface area contributed by atoms with Crippen molar-refractivity contribution in [3.05, 3.63) is 47.4 Å². The predicted octanol–water partition coefficient (Wildman–Crippen LogP) is 1.52. The maximum absolute atomic E-state index is 12.7. The van der Waals surface area contributed by atoms with Crippen molar-refractivity contribution < 1.29 is 4.39 Å². The molecule has 1 aromatic carbocycles. The van der Waals surface area contributed by atoms with Crippen LogP contribution in [0.4, 0.5) is 10.2 Å². The second-order valence-electron chi connectivity index (χ2n) is 3.34. The van der Waals surface area contributed by atoms with Gasteiger partial charge in [0.2, 0.25) is 0 Å². The molecule has 0 bridgehead atoms. The Bertz CT molecular complexity index is 536. The number of nitrogen functional groups attached to an aromatic ring is 1. The summed E-state index contributed by atoms with van der Waals surface area (Å²) in [6, 6.07) is 8.00. The van der Waals surface area contributed by atoms with Crippen LogP contribution in [-0.2, 0) is 6.54 Å². The molecule has 16 heavy (non-hydrogen) atoms. The first-order valence-electron chi connectivity index (χ1n) is 4.66. The summed E-state index contributed by atoms with van der Waals surface area (Å²) in [5.74, 6) is 0.0433. The number of anilines is 1. The van der Waals surface area contributed by atoms with E-state index in [9.17, 15) is 4.39 Å². The van der Waals surface area contributed by atoms with Crippen molar-refractivity contribution >= 4 is 5.82 Å². The highest BCUT2D eigenvalue weighted by atomic mass is 19.1. The molecule has 0 fully saturated rings. The van der Waals surface area contributed by atoms with Gasteiger partial charge in [0.1, 0.15) is 23.3 Å². The van der Waals surface area contributed by atoms with E-state index in [-0.39, 0.29) is 5.82 Å². The summed E-state index contributed by atoms with van der Waals surface area (Å²) >= 11 is 0. The Kier molecular flexibility index (Phi) is 2.56.